The molecule has 0 amide bonds. The van der Waals surface area contributed by atoms with E-state index in [0.29, 0.717) is 12.1 Å². The number of hydrogen-bond acceptors (Lipinski definition) is 3. The van der Waals surface area contributed by atoms with Crippen molar-refractivity contribution in [3.05, 3.63) is 34.9 Å². The van der Waals surface area contributed by atoms with E-state index < -0.39 is 5.97 Å². The van der Waals surface area contributed by atoms with Crippen molar-refractivity contribution in [1.82, 2.24) is 0 Å². The first kappa shape index (κ1) is 10.7. The maximum Gasteiger partial charge on any atom is 0.335 e. The second-order valence-electron chi connectivity index (χ2n) is 3.17. The van der Waals surface area contributed by atoms with E-state index in [-0.39, 0.29) is 11.6 Å². The van der Waals surface area contributed by atoms with Gasteiger partial charge < -0.3 is 16.6 Å². The minimum atomic E-state index is -0.937. The van der Waals surface area contributed by atoms with Crippen LogP contribution in [0.4, 0.5) is 0 Å². The Morgan fingerprint density at radius 1 is 1.57 bits per heavy atom. The fraction of sp³-hybridized carbons (Fsp3) is 0.300. The summed E-state index contributed by atoms with van der Waals surface area (Å²) in [6, 6.07) is 4.75. The molecule has 0 aliphatic carbocycles. The van der Waals surface area contributed by atoms with Gasteiger partial charge in [0.1, 0.15) is 0 Å². The van der Waals surface area contributed by atoms with E-state index >= 15 is 0 Å². The van der Waals surface area contributed by atoms with Crippen molar-refractivity contribution in [1.29, 1.82) is 0 Å². The van der Waals surface area contributed by atoms with E-state index in [1.807, 2.05) is 0 Å². The average molecular weight is 194 g/mol. The SMILES string of the molecule is Cc1c(C(=O)O)cccc1[C@@H](N)CN. The monoisotopic (exact) mass is 194 g/mol. The summed E-state index contributed by atoms with van der Waals surface area (Å²) in [5.74, 6) is -0.937. The van der Waals surface area contributed by atoms with Crippen LogP contribution in [0.3, 0.4) is 0 Å². The molecule has 0 unspecified atom stereocenters. The van der Waals surface area contributed by atoms with Crippen molar-refractivity contribution in [2.75, 3.05) is 6.54 Å². The van der Waals surface area contributed by atoms with E-state index in [0.717, 1.165) is 5.56 Å². The normalized spacial score (nSPS) is 12.5. The third kappa shape index (κ3) is 1.92. The van der Waals surface area contributed by atoms with Crippen LogP contribution in [0.5, 0.6) is 0 Å². The van der Waals surface area contributed by atoms with Gasteiger partial charge in [0, 0.05) is 12.6 Å². The lowest BCUT2D eigenvalue weighted by molar-refractivity contribution is 0.0696. The van der Waals surface area contributed by atoms with Crippen LogP contribution < -0.4 is 11.5 Å². The summed E-state index contributed by atoms with van der Waals surface area (Å²) >= 11 is 0. The van der Waals surface area contributed by atoms with Crippen molar-refractivity contribution in [2.24, 2.45) is 11.5 Å². The molecule has 1 atom stereocenters. The van der Waals surface area contributed by atoms with E-state index in [2.05, 4.69) is 0 Å². The first-order valence-corrected chi connectivity index (χ1v) is 4.36. The lowest BCUT2D eigenvalue weighted by atomic mass is 9.97. The van der Waals surface area contributed by atoms with E-state index in [1.54, 1.807) is 25.1 Å². The van der Waals surface area contributed by atoms with Gasteiger partial charge in [-0.25, -0.2) is 4.79 Å². The number of rotatable bonds is 3. The molecule has 1 aromatic rings. The van der Waals surface area contributed by atoms with Gasteiger partial charge >= 0.3 is 5.97 Å². The molecule has 76 valence electrons. The molecule has 0 saturated heterocycles. The fourth-order valence-electron chi connectivity index (χ4n) is 1.41. The number of benzene rings is 1. The Balaban J connectivity index is 3.20. The topological polar surface area (TPSA) is 89.3 Å². The molecular weight excluding hydrogens is 180 g/mol. The number of aromatic carboxylic acids is 1. The van der Waals surface area contributed by atoms with Crippen LogP contribution in [-0.4, -0.2) is 17.6 Å². The summed E-state index contributed by atoms with van der Waals surface area (Å²) in [5, 5.41) is 8.87. The molecule has 0 heterocycles. The third-order valence-electron chi connectivity index (χ3n) is 2.26. The van der Waals surface area contributed by atoms with Crippen LogP contribution >= 0.6 is 0 Å². The Morgan fingerprint density at radius 2 is 2.21 bits per heavy atom. The molecule has 0 spiro atoms. The maximum atomic E-state index is 10.8. The second kappa shape index (κ2) is 4.21. The molecule has 0 fully saturated rings. The zero-order chi connectivity index (χ0) is 10.7. The molecule has 0 saturated carbocycles. The molecule has 4 nitrogen and oxygen atoms in total. The van der Waals surface area contributed by atoms with Crippen molar-refractivity contribution in [3.8, 4) is 0 Å². The van der Waals surface area contributed by atoms with Gasteiger partial charge in [-0.2, -0.15) is 0 Å². The summed E-state index contributed by atoms with van der Waals surface area (Å²) < 4.78 is 0. The Labute approximate surface area is 82.5 Å². The highest BCUT2D eigenvalue weighted by Gasteiger charge is 2.13. The van der Waals surface area contributed by atoms with E-state index in [1.165, 1.54) is 0 Å². The van der Waals surface area contributed by atoms with Crippen molar-refractivity contribution in [2.45, 2.75) is 13.0 Å². The third-order valence-corrected chi connectivity index (χ3v) is 2.26. The predicted octanol–water partition coefficient (Wildman–Crippen LogP) is 0.652. The molecule has 0 aliphatic heterocycles. The van der Waals surface area contributed by atoms with Gasteiger partial charge in [0.2, 0.25) is 0 Å². The standard InChI is InChI=1S/C10H14N2O2/c1-6-7(9(12)5-11)3-2-4-8(6)10(13)14/h2-4,9H,5,11-12H2,1H3,(H,13,14)/t9-/m0/s1. The van der Waals surface area contributed by atoms with Gasteiger partial charge in [-0.05, 0) is 24.1 Å². The molecule has 0 radical (unpaired) electrons. The van der Waals surface area contributed by atoms with Crippen molar-refractivity contribution < 1.29 is 9.90 Å². The number of nitrogens with two attached hydrogens (primary N) is 2. The molecule has 1 aromatic carbocycles. The Bertz CT molecular complexity index is 350. The number of carboxylic acid groups (broad SMARTS) is 1. The summed E-state index contributed by atoms with van der Waals surface area (Å²) in [6.45, 7) is 2.05. The van der Waals surface area contributed by atoms with Gasteiger partial charge in [0.25, 0.3) is 0 Å². The van der Waals surface area contributed by atoms with Gasteiger partial charge in [-0.15, -0.1) is 0 Å². The van der Waals surface area contributed by atoms with Crippen molar-refractivity contribution >= 4 is 5.97 Å². The summed E-state index contributed by atoms with van der Waals surface area (Å²) in [7, 11) is 0. The Hall–Kier alpha value is -1.39. The molecule has 0 aromatic heterocycles. The van der Waals surface area contributed by atoms with Crippen LogP contribution in [0.25, 0.3) is 0 Å². The Morgan fingerprint density at radius 3 is 2.71 bits per heavy atom. The van der Waals surface area contributed by atoms with Gasteiger partial charge in [0.15, 0.2) is 0 Å². The summed E-state index contributed by atoms with van der Waals surface area (Å²) in [4.78, 5) is 10.8. The minimum absolute atomic E-state index is 0.284. The van der Waals surface area contributed by atoms with Crippen LogP contribution in [0, 0.1) is 6.92 Å². The average Bonchev–Trinajstić information content (AvgIpc) is 2.16. The molecule has 4 heteroatoms. The summed E-state index contributed by atoms with van der Waals surface area (Å²) in [6.07, 6.45) is 0. The van der Waals surface area contributed by atoms with Crippen LogP contribution in [0.15, 0.2) is 18.2 Å². The Kier molecular flexibility index (Phi) is 3.22. The van der Waals surface area contributed by atoms with E-state index in [4.69, 9.17) is 16.6 Å². The highest BCUT2D eigenvalue weighted by Crippen LogP contribution is 2.18. The van der Waals surface area contributed by atoms with Gasteiger partial charge in [-0.1, -0.05) is 12.1 Å². The minimum Gasteiger partial charge on any atom is -0.478 e. The first-order valence-electron chi connectivity index (χ1n) is 4.36. The number of carboxylic acids is 1. The van der Waals surface area contributed by atoms with Crippen LogP contribution in [0.2, 0.25) is 0 Å². The molecule has 14 heavy (non-hydrogen) atoms. The smallest absolute Gasteiger partial charge is 0.335 e. The van der Waals surface area contributed by atoms with E-state index in [9.17, 15) is 4.79 Å². The maximum absolute atomic E-state index is 10.8. The first-order chi connectivity index (χ1) is 6.57. The highest BCUT2D eigenvalue weighted by atomic mass is 16.4. The molecule has 0 aliphatic rings. The largest absolute Gasteiger partial charge is 0.478 e. The van der Waals surface area contributed by atoms with Gasteiger partial charge in [0.05, 0.1) is 5.56 Å². The lowest BCUT2D eigenvalue weighted by Crippen LogP contribution is -2.22. The molecule has 0 bridgehead atoms. The molecular formula is C10H14N2O2. The zero-order valence-electron chi connectivity index (χ0n) is 8.03. The van der Waals surface area contributed by atoms with Crippen LogP contribution in [-0.2, 0) is 0 Å². The van der Waals surface area contributed by atoms with Crippen molar-refractivity contribution in [3.63, 3.8) is 0 Å². The molecule has 1 rings (SSSR count). The highest BCUT2D eigenvalue weighted by molar-refractivity contribution is 5.89. The van der Waals surface area contributed by atoms with Crippen LogP contribution in [0.1, 0.15) is 27.5 Å². The quantitative estimate of drug-likeness (QED) is 0.659. The summed E-state index contributed by atoms with van der Waals surface area (Å²) in [5.41, 5.74) is 12.9. The number of carbonyl (C=O) groups is 1. The molecule has 5 N–H and O–H groups in total. The van der Waals surface area contributed by atoms with Gasteiger partial charge in [-0.3, -0.25) is 0 Å². The number of hydrogen-bond donors (Lipinski definition) is 3. The lowest BCUT2D eigenvalue weighted by Gasteiger charge is -2.13. The predicted molar refractivity (Wildman–Crippen MR) is 54.1 cm³/mol. The fourth-order valence-corrected chi connectivity index (χ4v) is 1.41. The zero-order valence-corrected chi connectivity index (χ0v) is 8.03. The second-order valence-corrected chi connectivity index (χ2v) is 3.17.